The molecule has 0 radical (unpaired) electrons. The Kier molecular flexibility index (Phi) is 4.85. The van der Waals surface area contributed by atoms with Gasteiger partial charge in [-0.15, -0.1) is 0 Å². The lowest BCUT2D eigenvalue weighted by molar-refractivity contribution is -0.384. The smallest absolute Gasteiger partial charge is 0.343 e. The number of nitrogens with zero attached hydrogens (tertiary/aromatic N) is 1. The molecule has 30 heavy (non-hydrogen) atoms. The molecule has 3 aromatic carbocycles. The third-order valence-corrected chi connectivity index (χ3v) is 4.52. The van der Waals surface area contributed by atoms with Crippen molar-refractivity contribution in [3.05, 3.63) is 105 Å². The van der Waals surface area contributed by atoms with Gasteiger partial charge in [0, 0.05) is 18.2 Å². The van der Waals surface area contributed by atoms with E-state index in [2.05, 4.69) is 0 Å². The van der Waals surface area contributed by atoms with Gasteiger partial charge in [0.05, 0.1) is 16.1 Å². The van der Waals surface area contributed by atoms with Crippen LogP contribution in [0.2, 0.25) is 0 Å². The number of hydrogen-bond acceptors (Lipinski definition) is 6. The highest BCUT2D eigenvalue weighted by molar-refractivity contribution is 6.14. The highest BCUT2D eigenvalue weighted by Crippen LogP contribution is 2.35. The van der Waals surface area contributed by atoms with Gasteiger partial charge in [-0.05, 0) is 36.8 Å². The molecule has 0 unspecified atom stereocenters. The largest absolute Gasteiger partial charge is 0.452 e. The third kappa shape index (κ3) is 3.81. The van der Waals surface area contributed by atoms with Gasteiger partial charge in [0.25, 0.3) is 5.69 Å². The van der Waals surface area contributed by atoms with Crippen LogP contribution in [0.4, 0.5) is 5.69 Å². The van der Waals surface area contributed by atoms with E-state index < -0.39 is 10.9 Å². The maximum atomic E-state index is 12.6. The predicted molar refractivity (Wildman–Crippen MR) is 109 cm³/mol. The Balaban J connectivity index is 1.54. The lowest BCUT2D eigenvalue weighted by Crippen LogP contribution is -2.08. The Morgan fingerprint density at radius 1 is 1.07 bits per heavy atom. The van der Waals surface area contributed by atoms with Crippen molar-refractivity contribution in [1.29, 1.82) is 0 Å². The lowest BCUT2D eigenvalue weighted by atomic mass is 10.1. The Bertz CT molecular complexity index is 1210. The van der Waals surface area contributed by atoms with Gasteiger partial charge in [-0.1, -0.05) is 35.9 Å². The van der Waals surface area contributed by atoms with E-state index >= 15 is 0 Å². The van der Waals surface area contributed by atoms with E-state index in [9.17, 15) is 19.7 Å². The van der Waals surface area contributed by atoms with Crippen LogP contribution in [-0.4, -0.2) is 16.7 Å². The van der Waals surface area contributed by atoms with E-state index in [4.69, 9.17) is 9.47 Å². The quantitative estimate of drug-likeness (QED) is 0.206. The van der Waals surface area contributed by atoms with Crippen LogP contribution in [0.25, 0.3) is 6.08 Å². The van der Waals surface area contributed by atoms with Gasteiger partial charge in [-0.25, -0.2) is 4.79 Å². The molecule has 7 nitrogen and oxygen atoms in total. The summed E-state index contributed by atoms with van der Waals surface area (Å²) in [6.45, 7) is 1.97. The van der Waals surface area contributed by atoms with E-state index in [1.54, 1.807) is 6.08 Å². The molecular formula is C23H15NO6. The lowest BCUT2D eigenvalue weighted by Gasteiger charge is -2.05. The first-order chi connectivity index (χ1) is 14.4. The predicted octanol–water partition coefficient (Wildman–Crippen LogP) is 4.74. The van der Waals surface area contributed by atoms with Crippen molar-refractivity contribution in [3.63, 3.8) is 0 Å². The molecule has 0 aromatic heterocycles. The first-order valence-corrected chi connectivity index (χ1v) is 9.02. The number of fused-ring (bicyclic) bond motifs is 1. The Hall–Kier alpha value is -4.26. The zero-order valence-electron chi connectivity index (χ0n) is 15.8. The molecule has 1 aliphatic heterocycles. The molecule has 0 N–H and O–H groups in total. The number of non-ortho nitro benzene ring substituents is 1. The maximum Gasteiger partial charge on any atom is 0.343 e. The highest BCUT2D eigenvalue weighted by atomic mass is 16.6. The van der Waals surface area contributed by atoms with Crippen LogP contribution in [0.5, 0.6) is 11.5 Å². The van der Waals surface area contributed by atoms with Crippen molar-refractivity contribution < 1.29 is 24.0 Å². The van der Waals surface area contributed by atoms with E-state index in [0.717, 1.165) is 17.2 Å². The molecule has 0 aliphatic carbocycles. The van der Waals surface area contributed by atoms with Crippen LogP contribution in [0.15, 0.2) is 72.5 Å². The second kappa shape index (κ2) is 7.63. The van der Waals surface area contributed by atoms with Gasteiger partial charge in [-0.3, -0.25) is 14.9 Å². The number of Topliss-reactive ketones (excluding diaryl/α,β-unsaturated/α-hetero) is 1. The average Bonchev–Trinajstić information content (AvgIpc) is 3.04. The summed E-state index contributed by atoms with van der Waals surface area (Å²) in [4.78, 5) is 35.2. The molecule has 0 atom stereocenters. The van der Waals surface area contributed by atoms with E-state index in [1.165, 1.54) is 36.4 Å². The molecule has 0 spiro atoms. The number of nitro benzene ring substituents is 1. The number of nitro groups is 1. The summed E-state index contributed by atoms with van der Waals surface area (Å²) in [7, 11) is 0. The van der Waals surface area contributed by atoms with Gasteiger partial charge < -0.3 is 9.47 Å². The normalized spacial score (nSPS) is 13.6. The molecule has 3 aromatic rings. The van der Waals surface area contributed by atoms with Crippen molar-refractivity contribution in [1.82, 2.24) is 0 Å². The fraction of sp³-hybridized carbons (Fsp3) is 0.0435. The van der Waals surface area contributed by atoms with Gasteiger partial charge >= 0.3 is 5.97 Å². The number of benzene rings is 3. The fourth-order valence-corrected chi connectivity index (χ4v) is 2.96. The van der Waals surface area contributed by atoms with Gasteiger partial charge in [0.15, 0.2) is 5.76 Å². The molecule has 1 aliphatic rings. The fourth-order valence-electron chi connectivity index (χ4n) is 2.96. The maximum absolute atomic E-state index is 12.6. The number of allylic oxidation sites excluding steroid dienone is 1. The molecule has 0 bridgehead atoms. The van der Waals surface area contributed by atoms with Crippen LogP contribution < -0.4 is 9.47 Å². The zero-order valence-corrected chi connectivity index (χ0v) is 15.8. The zero-order chi connectivity index (χ0) is 21.3. The molecule has 4 rings (SSSR count). The molecule has 1 heterocycles. The number of carbonyl (C=O) groups excluding carboxylic acids is 2. The van der Waals surface area contributed by atoms with Gasteiger partial charge in [-0.2, -0.15) is 0 Å². The summed E-state index contributed by atoms with van der Waals surface area (Å²) in [6, 6.07) is 17.3. The van der Waals surface area contributed by atoms with E-state index in [-0.39, 0.29) is 34.3 Å². The third-order valence-electron chi connectivity index (χ3n) is 4.52. The minimum Gasteiger partial charge on any atom is -0.452 e. The first-order valence-electron chi connectivity index (χ1n) is 9.02. The second-order valence-corrected chi connectivity index (χ2v) is 6.71. The van der Waals surface area contributed by atoms with Crippen molar-refractivity contribution in [2.24, 2.45) is 0 Å². The Labute approximate surface area is 171 Å². The first kappa shape index (κ1) is 19.1. The van der Waals surface area contributed by atoms with Crippen LogP contribution >= 0.6 is 0 Å². The van der Waals surface area contributed by atoms with Crippen LogP contribution in [0.3, 0.4) is 0 Å². The van der Waals surface area contributed by atoms with Crippen LogP contribution in [0, 0.1) is 17.0 Å². The molecule has 7 heteroatoms. The number of carbonyl (C=O) groups is 2. The van der Waals surface area contributed by atoms with Crippen molar-refractivity contribution in [2.75, 3.05) is 0 Å². The number of hydrogen-bond donors (Lipinski definition) is 0. The topological polar surface area (TPSA) is 95.7 Å². The highest BCUT2D eigenvalue weighted by Gasteiger charge is 2.28. The summed E-state index contributed by atoms with van der Waals surface area (Å²) in [5.41, 5.74) is 2.13. The standard InChI is InChI=1S/C23H15NO6/c1-14-5-7-15(8-6-14)11-21-22(25)19-10-9-18(13-20(19)30-21)29-23(26)16-3-2-4-17(12-16)24(27)28/h2-13H,1H3. The molecular weight excluding hydrogens is 386 g/mol. The van der Waals surface area contributed by atoms with E-state index in [0.29, 0.717) is 5.56 Å². The minimum atomic E-state index is -0.751. The SMILES string of the molecule is Cc1ccc(C=C2Oc3cc(OC(=O)c4cccc([N+](=O)[O-])c4)ccc3C2=O)cc1. The molecule has 0 amide bonds. The Morgan fingerprint density at radius 2 is 1.83 bits per heavy atom. The van der Waals surface area contributed by atoms with Crippen LogP contribution in [0.1, 0.15) is 31.8 Å². The van der Waals surface area contributed by atoms with Crippen molar-refractivity contribution in [3.8, 4) is 11.5 Å². The average molecular weight is 401 g/mol. The van der Waals surface area contributed by atoms with Crippen molar-refractivity contribution >= 4 is 23.5 Å². The number of rotatable bonds is 4. The number of ketones is 1. The van der Waals surface area contributed by atoms with E-state index in [1.807, 2.05) is 31.2 Å². The summed E-state index contributed by atoms with van der Waals surface area (Å²) in [5.74, 6) is -0.395. The molecule has 0 saturated heterocycles. The van der Waals surface area contributed by atoms with Crippen molar-refractivity contribution in [2.45, 2.75) is 6.92 Å². The summed E-state index contributed by atoms with van der Waals surface area (Å²) >= 11 is 0. The van der Waals surface area contributed by atoms with Crippen LogP contribution in [-0.2, 0) is 0 Å². The number of ether oxygens (including phenoxy) is 2. The molecule has 0 saturated carbocycles. The summed E-state index contributed by atoms with van der Waals surface area (Å²) < 4.78 is 11.0. The molecule has 148 valence electrons. The molecule has 0 fully saturated rings. The summed E-state index contributed by atoms with van der Waals surface area (Å²) in [5, 5.41) is 10.9. The Morgan fingerprint density at radius 3 is 2.57 bits per heavy atom. The van der Waals surface area contributed by atoms with Gasteiger partial charge in [0.1, 0.15) is 11.5 Å². The summed E-state index contributed by atoms with van der Waals surface area (Å²) in [6.07, 6.45) is 1.65. The number of esters is 1. The minimum absolute atomic E-state index is 0.0432. The number of aryl methyl sites for hydroxylation is 1. The second-order valence-electron chi connectivity index (χ2n) is 6.71. The monoisotopic (exact) mass is 401 g/mol. The van der Waals surface area contributed by atoms with Gasteiger partial charge in [0.2, 0.25) is 5.78 Å².